The van der Waals surface area contributed by atoms with E-state index in [9.17, 15) is 0 Å². The van der Waals surface area contributed by atoms with Gasteiger partial charge in [0, 0.05) is 0 Å². The van der Waals surface area contributed by atoms with Crippen molar-refractivity contribution in [3.63, 3.8) is 0 Å². The fourth-order valence-electron chi connectivity index (χ4n) is 2.95. The summed E-state index contributed by atoms with van der Waals surface area (Å²) in [5.41, 5.74) is 9.12. The number of allylic oxidation sites excluding steroid dienone is 8. The van der Waals surface area contributed by atoms with E-state index in [0.29, 0.717) is 0 Å². The Hall–Kier alpha value is -3.12. The quantitative estimate of drug-likeness (QED) is 0.327. The Morgan fingerprint density at radius 3 is 1.81 bits per heavy atom. The topological polar surface area (TPSA) is 0 Å². The molecule has 0 bridgehead atoms. The summed E-state index contributed by atoms with van der Waals surface area (Å²) in [6, 6.07) is 19.0. The Labute approximate surface area is 191 Å². The van der Waals surface area contributed by atoms with Gasteiger partial charge in [0.25, 0.3) is 0 Å². The number of hydrogen-bond acceptors (Lipinski definition) is 0. The molecule has 0 aliphatic carbocycles. The molecule has 0 heterocycles. The van der Waals surface area contributed by atoms with Gasteiger partial charge in [-0.05, 0) is 73.6 Å². The number of rotatable bonds is 6. The zero-order chi connectivity index (χ0) is 23.8. The van der Waals surface area contributed by atoms with Gasteiger partial charge in [-0.25, -0.2) is 0 Å². The molecular weight excluding hydrogens is 372 g/mol. The monoisotopic (exact) mass is 412 g/mol. The first-order valence-electron chi connectivity index (χ1n) is 11.0. The van der Waals surface area contributed by atoms with Gasteiger partial charge in [0.1, 0.15) is 0 Å². The second kappa shape index (κ2) is 15.7. The van der Waals surface area contributed by atoms with E-state index in [2.05, 4.69) is 107 Å². The lowest BCUT2D eigenvalue weighted by Gasteiger charge is -2.19. The fraction of sp³-hybridized carbons (Fsp3) is 0.226. The van der Waals surface area contributed by atoms with Crippen molar-refractivity contribution in [1.82, 2.24) is 0 Å². The van der Waals surface area contributed by atoms with Crippen molar-refractivity contribution in [3.05, 3.63) is 138 Å². The molecule has 0 saturated carbocycles. The van der Waals surface area contributed by atoms with Crippen LogP contribution in [0.3, 0.4) is 0 Å². The van der Waals surface area contributed by atoms with Crippen LogP contribution in [0.15, 0.2) is 121 Å². The van der Waals surface area contributed by atoms with Crippen molar-refractivity contribution in [2.24, 2.45) is 0 Å². The summed E-state index contributed by atoms with van der Waals surface area (Å²) in [5.74, 6) is 0. The van der Waals surface area contributed by atoms with Gasteiger partial charge in [-0.3, -0.25) is 0 Å². The summed E-state index contributed by atoms with van der Waals surface area (Å²) in [6.07, 6.45) is 8.03. The van der Waals surface area contributed by atoms with Crippen LogP contribution in [0.1, 0.15) is 58.2 Å². The highest BCUT2D eigenvalue weighted by molar-refractivity contribution is 5.88. The van der Waals surface area contributed by atoms with E-state index in [1.54, 1.807) is 6.08 Å². The molecule has 0 spiro atoms. The number of aryl methyl sites for hydroxylation is 1. The lowest BCUT2D eigenvalue weighted by molar-refractivity contribution is 1.35. The van der Waals surface area contributed by atoms with Crippen LogP contribution in [0.2, 0.25) is 0 Å². The van der Waals surface area contributed by atoms with E-state index in [4.69, 9.17) is 0 Å². The molecule has 0 saturated heterocycles. The second-order valence-corrected chi connectivity index (χ2v) is 7.01. The number of benzene rings is 2. The third-order valence-electron chi connectivity index (χ3n) is 4.48. The SMILES string of the molecule is C=C(C)/C(C(=C)/C=C/C(C)=C/C)=C(/c1ccccc1)c1ccccc1C.C=CC.CC. The smallest absolute Gasteiger partial charge is 0.00279 e. The van der Waals surface area contributed by atoms with Crippen molar-refractivity contribution >= 4 is 5.57 Å². The van der Waals surface area contributed by atoms with Gasteiger partial charge in [-0.1, -0.05) is 111 Å². The number of hydrogen-bond donors (Lipinski definition) is 0. The third kappa shape index (κ3) is 9.05. The van der Waals surface area contributed by atoms with Crippen molar-refractivity contribution in [2.45, 2.75) is 48.5 Å². The predicted molar refractivity (Wildman–Crippen MR) is 143 cm³/mol. The Morgan fingerprint density at radius 2 is 1.32 bits per heavy atom. The standard InChI is InChI=1S/C26H28.C3H6.C2H6/c1-7-20(4)17-18-22(6)25(19(2)3)26(23-14-9-8-10-15-23)24-16-12-11-13-21(24)5;1-3-2;1-2/h7-18H,2,6H2,1,3-5H3;3H,1H2,2H3;1-2H3/b18-17+,20-7+,26-25+;;. The summed E-state index contributed by atoms with van der Waals surface area (Å²) < 4.78 is 0. The molecule has 2 aromatic carbocycles. The molecule has 0 aliphatic heterocycles. The summed E-state index contributed by atoms with van der Waals surface area (Å²) in [4.78, 5) is 0. The first-order valence-corrected chi connectivity index (χ1v) is 11.0. The zero-order valence-corrected chi connectivity index (χ0v) is 20.6. The minimum absolute atomic E-state index is 0.973. The molecule has 0 radical (unpaired) electrons. The van der Waals surface area contributed by atoms with Crippen LogP contribution < -0.4 is 0 Å². The first kappa shape index (κ1) is 27.9. The molecule has 164 valence electrons. The predicted octanol–water partition coefficient (Wildman–Crippen LogP) is 9.67. The molecule has 0 atom stereocenters. The van der Waals surface area contributed by atoms with Gasteiger partial charge in [0.05, 0.1) is 0 Å². The molecule has 2 rings (SSSR count). The molecule has 0 amide bonds. The Kier molecular flexibility index (Phi) is 14.1. The van der Waals surface area contributed by atoms with Gasteiger partial charge in [-0.2, -0.15) is 0 Å². The summed E-state index contributed by atoms with van der Waals surface area (Å²) in [5, 5.41) is 0. The molecule has 0 fully saturated rings. The van der Waals surface area contributed by atoms with Gasteiger partial charge >= 0.3 is 0 Å². The van der Waals surface area contributed by atoms with Crippen LogP contribution in [-0.2, 0) is 0 Å². The van der Waals surface area contributed by atoms with Crippen LogP contribution in [0.4, 0.5) is 0 Å². The van der Waals surface area contributed by atoms with Gasteiger partial charge in [-0.15, -0.1) is 6.58 Å². The second-order valence-electron chi connectivity index (χ2n) is 7.01. The third-order valence-corrected chi connectivity index (χ3v) is 4.48. The Balaban J connectivity index is 0.00000165. The van der Waals surface area contributed by atoms with E-state index in [-0.39, 0.29) is 0 Å². The Morgan fingerprint density at radius 1 is 0.806 bits per heavy atom. The maximum atomic E-state index is 4.35. The maximum Gasteiger partial charge on any atom is -0.00279 e. The highest BCUT2D eigenvalue weighted by atomic mass is 14.2. The summed E-state index contributed by atoms with van der Waals surface area (Å²) in [7, 11) is 0. The minimum atomic E-state index is 0.973. The van der Waals surface area contributed by atoms with Crippen molar-refractivity contribution < 1.29 is 0 Å². The average Bonchev–Trinajstić information content (AvgIpc) is 2.78. The zero-order valence-electron chi connectivity index (χ0n) is 20.6. The minimum Gasteiger partial charge on any atom is -0.103 e. The molecule has 0 aromatic heterocycles. The lowest BCUT2D eigenvalue weighted by Crippen LogP contribution is -1.99. The van der Waals surface area contributed by atoms with Gasteiger partial charge in [0.2, 0.25) is 0 Å². The van der Waals surface area contributed by atoms with E-state index in [0.717, 1.165) is 16.7 Å². The van der Waals surface area contributed by atoms with Crippen LogP contribution in [0.25, 0.3) is 5.57 Å². The normalized spacial score (nSPS) is 11.4. The van der Waals surface area contributed by atoms with Crippen molar-refractivity contribution in [1.29, 1.82) is 0 Å². The van der Waals surface area contributed by atoms with Crippen molar-refractivity contribution in [2.75, 3.05) is 0 Å². The molecule has 0 N–H and O–H groups in total. The molecule has 2 aromatic rings. The molecule has 31 heavy (non-hydrogen) atoms. The van der Waals surface area contributed by atoms with Crippen LogP contribution >= 0.6 is 0 Å². The molecule has 0 unspecified atom stereocenters. The van der Waals surface area contributed by atoms with Crippen LogP contribution in [0.5, 0.6) is 0 Å². The first-order chi connectivity index (χ1) is 14.9. The summed E-state index contributed by atoms with van der Waals surface area (Å²) >= 11 is 0. The van der Waals surface area contributed by atoms with Crippen molar-refractivity contribution in [3.8, 4) is 0 Å². The molecule has 0 aliphatic rings. The molecular formula is C31H40. The Bertz CT molecular complexity index is 931. The lowest BCUT2D eigenvalue weighted by atomic mass is 9.85. The van der Waals surface area contributed by atoms with E-state index in [1.807, 2.05) is 33.8 Å². The summed E-state index contributed by atoms with van der Waals surface area (Å²) in [6.45, 7) is 26.2. The van der Waals surface area contributed by atoms with Gasteiger partial charge < -0.3 is 0 Å². The highest BCUT2D eigenvalue weighted by Gasteiger charge is 2.15. The van der Waals surface area contributed by atoms with E-state index >= 15 is 0 Å². The maximum absolute atomic E-state index is 4.35. The molecule has 0 nitrogen and oxygen atoms in total. The van der Waals surface area contributed by atoms with Gasteiger partial charge in [0.15, 0.2) is 0 Å². The van der Waals surface area contributed by atoms with Crippen LogP contribution in [-0.4, -0.2) is 0 Å². The van der Waals surface area contributed by atoms with Crippen LogP contribution in [0, 0.1) is 6.92 Å². The fourth-order valence-corrected chi connectivity index (χ4v) is 2.95. The highest BCUT2D eigenvalue weighted by Crippen LogP contribution is 2.35. The largest absolute Gasteiger partial charge is 0.103 e. The molecule has 0 heteroatoms. The average molecular weight is 413 g/mol. The van der Waals surface area contributed by atoms with E-state index in [1.165, 1.54) is 27.8 Å². The van der Waals surface area contributed by atoms with E-state index < -0.39 is 0 Å².